The van der Waals surface area contributed by atoms with E-state index in [0.29, 0.717) is 17.1 Å². The summed E-state index contributed by atoms with van der Waals surface area (Å²) in [5.41, 5.74) is 0. The van der Waals surface area contributed by atoms with Crippen molar-refractivity contribution in [2.75, 3.05) is 5.32 Å². The summed E-state index contributed by atoms with van der Waals surface area (Å²) in [6, 6.07) is 2.26. The molecule has 0 bridgehead atoms. The maximum atomic E-state index is 6.01. The van der Waals surface area contributed by atoms with Crippen molar-refractivity contribution >= 4 is 17.4 Å². The largest absolute Gasteiger partial charge is 0.367 e. The van der Waals surface area contributed by atoms with Crippen molar-refractivity contribution in [3.63, 3.8) is 0 Å². The Kier molecular flexibility index (Phi) is 4.00. The lowest BCUT2D eigenvalue weighted by molar-refractivity contribution is 0.640. The standard InChI is InChI=1S/C13H18ClN3/c1-9(2)13-16-11(14)8-12(17-13)15-10-6-4-3-5-7-10/h3-4,8-10H,5-7H2,1-2H3,(H,15,16,17). The van der Waals surface area contributed by atoms with E-state index in [1.54, 1.807) is 6.07 Å². The van der Waals surface area contributed by atoms with Crippen LogP contribution < -0.4 is 5.32 Å². The van der Waals surface area contributed by atoms with E-state index in [1.807, 2.05) is 0 Å². The second-order valence-electron chi connectivity index (χ2n) is 4.71. The molecule has 17 heavy (non-hydrogen) atoms. The number of nitrogens with zero attached hydrogens (tertiary/aromatic N) is 2. The number of anilines is 1. The van der Waals surface area contributed by atoms with Crippen LogP contribution in [0.3, 0.4) is 0 Å². The number of nitrogens with one attached hydrogen (secondary N) is 1. The molecule has 1 aliphatic carbocycles. The van der Waals surface area contributed by atoms with Gasteiger partial charge in [-0.05, 0) is 19.3 Å². The van der Waals surface area contributed by atoms with E-state index in [-0.39, 0.29) is 0 Å². The van der Waals surface area contributed by atoms with E-state index in [1.165, 1.54) is 0 Å². The predicted molar refractivity (Wildman–Crippen MR) is 71.5 cm³/mol. The lowest BCUT2D eigenvalue weighted by atomic mass is 10.0. The molecule has 4 heteroatoms. The third-order valence-corrected chi connectivity index (χ3v) is 3.04. The monoisotopic (exact) mass is 251 g/mol. The van der Waals surface area contributed by atoms with Crippen molar-refractivity contribution in [1.29, 1.82) is 0 Å². The average Bonchev–Trinajstić information content (AvgIpc) is 2.29. The third kappa shape index (κ3) is 3.43. The number of hydrogen-bond acceptors (Lipinski definition) is 3. The van der Waals surface area contributed by atoms with Crippen LogP contribution in [0.2, 0.25) is 5.15 Å². The molecule has 0 amide bonds. The molecule has 0 aliphatic heterocycles. The molecule has 1 aromatic rings. The van der Waals surface area contributed by atoms with Crippen molar-refractivity contribution in [3.8, 4) is 0 Å². The zero-order valence-corrected chi connectivity index (χ0v) is 11.0. The van der Waals surface area contributed by atoms with Crippen LogP contribution in [0.15, 0.2) is 18.2 Å². The van der Waals surface area contributed by atoms with E-state index >= 15 is 0 Å². The Hall–Kier alpha value is -1.09. The molecule has 0 saturated heterocycles. The van der Waals surface area contributed by atoms with Crippen LogP contribution in [-0.4, -0.2) is 16.0 Å². The van der Waals surface area contributed by atoms with Crippen LogP contribution in [0.5, 0.6) is 0 Å². The van der Waals surface area contributed by atoms with Crippen LogP contribution in [0.25, 0.3) is 0 Å². The Bertz CT molecular complexity index is 415. The second-order valence-corrected chi connectivity index (χ2v) is 5.10. The number of hydrogen-bond donors (Lipinski definition) is 1. The zero-order chi connectivity index (χ0) is 12.3. The summed E-state index contributed by atoms with van der Waals surface area (Å²) in [4.78, 5) is 8.72. The first kappa shape index (κ1) is 12.4. The van der Waals surface area contributed by atoms with Gasteiger partial charge in [-0.1, -0.05) is 37.6 Å². The fourth-order valence-corrected chi connectivity index (χ4v) is 2.09. The van der Waals surface area contributed by atoms with Gasteiger partial charge >= 0.3 is 0 Å². The smallest absolute Gasteiger partial charge is 0.135 e. The van der Waals surface area contributed by atoms with E-state index in [2.05, 4.69) is 41.3 Å². The maximum Gasteiger partial charge on any atom is 0.135 e. The summed E-state index contributed by atoms with van der Waals surface area (Å²) in [5.74, 6) is 1.93. The quantitative estimate of drug-likeness (QED) is 0.656. The highest BCUT2D eigenvalue weighted by Gasteiger charge is 2.12. The van der Waals surface area contributed by atoms with Gasteiger partial charge in [-0.2, -0.15) is 0 Å². The predicted octanol–water partition coefficient (Wildman–Crippen LogP) is 3.77. The van der Waals surface area contributed by atoms with E-state index in [4.69, 9.17) is 11.6 Å². The topological polar surface area (TPSA) is 37.8 Å². The Morgan fingerprint density at radius 1 is 1.35 bits per heavy atom. The molecule has 1 N–H and O–H groups in total. The van der Waals surface area contributed by atoms with Gasteiger partial charge in [-0.3, -0.25) is 0 Å². The van der Waals surface area contributed by atoms with Crippen molar-refractivity contribution in [3.05, 3.63) is 29.2 Å². The Morgan fingerprint density at radius 2 is 2.18 bits per heavy atom. The molecule has 2 rings (SSSR count). The molecule has 92 valence electrons. The first-order valence-electron chi connectivity index (χ1n) is 6.11. The van der Waals surface area contributed by atoms with Crippen LogP contribution in [0.4, 0.5) is 5.82 Å². The minimum atomic E-state index is 0.292. The third-order valence-electron chi connectivity index (χ3n) is 2.85. The summed E-state index contributed by atoms with van der Waals surface area (Å²) in [6.07, 6.45) is 7.78. The minimum absolute atomic E-state index is 0.292. The highest BCUT2D eigenvalue weighted by Crippen LogP contribution is 2.20. The first-order chi connectivity index (χ1) is 8.15. The average molecular weight is 252 g/mol. The lowest BCUT2D eigenvalue weighted by Gasteiger charge is -2.20. The van der Waals surface area contributed by atoms with Crippen molar-refractivity contribution in [1.82, 2.24) is 9.97 Å². The number of aromatic nitrogens is 2. The van der Waals surface area contributed by atoms with Gasteiger partial charge in [0, 0.05) is 18.0 Å². The summed E-state index contributed by atoms with van der Waals surface area (Å²) < 4.78 is 0. The Balaban J connectivity index is 2.12. The molecule has 0 spiro atoms. The highest BCUT2D eigenvalue weighted by atomic mass is 35.5. The number of allylic oxidation sites excluding steroid dienone is 1. The van der Waals surface area contributed by atoms with Gasteiger partial charge in [0.05, 0.1) is 0 Å². The first-order valence-corrected chi connectivity index (χ1v) is 6.49. The summed E-state index contributed by atoms with van der Waals surface area (Å²) >= 11 is 6.01. The molecule has 0 fully saturated rings. The molecular formula is C13H18ClN3. The fraction of sp³-hybridized carbons (Fsp3) is 0.538. The molecular weight excluding hydrogens is 234 g/mol. The summed E-state index contributed by atoms with van der Waals surface area (Å²) in [7, 11) is 0. The van der Waals surface area contributed by atoms with Crippen LogP contribution in [0.1, 0.15) is 44.9 Å². The van der Waals surface area contributed by atoms with Gasteiger partial charge in [0.15, 0.2) is 0 Å². The molecule has 1 atom stereocenters. The number of halogens is 1. The Labute approximate surface area is 107 Å². The van der Waals surface area contributed by atoms with Crippen LogP contribution >= 0.6 is 11.6 Å². The van der Waals surface area contributed by atoms with E-state index in [0.717, 1.165) is 30.9 Å². The van der Waals surface area contributed by atoms with E-state index in [9.17, 15) is 0 Å². The van der Waals surface area contributed by atoms with Crippen LogP contribution in [0, 0.1) is 0 Å². The van der Waals surface area contributed by atoms with Gasteiger partial charge in [-0.25, -0.2) is 9.97 Å². The van der Waals surface area contributed by atoms with Gasteiger partial charge in [0.2, 0.25) is 0 Å². The molecule has 1 aromatic heterocycles. The molecule has 0 saturated carbocycles. The van der Waals surface area contributed by atoms with Crippen molar-refractivity contribution < 1.29 is 0 Å². The van der Waals surface area contributed by atoms with E-state index < -0.39 is 0 Å². The van der Waals surface area contributed by atoms with Gasteiger partial charge < -0.3 is 5.32 Å². The second kappa shape index (κ2) is 5.50. The van der Waals surface area contributed by atoms with Gasteiger partial charge in [-0.15, -0.1) is 0 Å². The maximum absolute atomic E-state index is 6.01. The summed E-state index contributed by atoms with van der Waals surface area (Å²) in [5, 5.41) is 3.94. The SMILES string of the molecule is CC(C)c1nc(Cl)cc(NC2CC=CCC2)n1. The van der Waals surface area contributed by atoms with Crippen LogP contribution in [-0.2, 0) is 0 Å². The molecule has 0 radical (unpaired) electrons. The Morgan fingerprint density at radius 3 is 2.82 bits per heavy atom. The molecule has 1 unspecified atom stereocenters. The molecule has 0 aromatic carbocycles. The van der Waals surface area contributed by atoms with Gasteiger partial charge in [0.25, 0.3) is 0 Å². The minimum Gasteiger partial charge on any atom is -0.367 e. The zero-order valence-electron chi connectivity index (χ0n) is 10.3. The fourth-order valence-electron chi connectivity index (χ4n) is 1.90. The van der Waals surface area contributed by atoms with Crippen molar-refractivity contribution in [2.45, 2.75) is 45.1 Å². The summed E-state index contributed by atoms with van der Waals surface area (Å²) in [6.45, 7) is 4.14. The van der Waals surface area contributed by atoms with Crippen molar-refractivity contribution in [2.24, 2.45) is 0 Å². The molecule has 3 nitrogen and oxygen atoms in total. The molecule has 1 aliphatic rings. The highest BCUT2D eigenvalue weighted by molar-refractivity contribution is 6.29. The number of rotatable bonds is 3. The lowest BCUT2D eigenvalue weighted by Crippen LogP contribution is -2.21. The normalized spacial score (nSPS) is 19.6. The van der Waals surface area contributed by atoms with Gasteiger partial charge in [0.1, 0.15) is 16.8 Å². The molecule has 1 heterocycles.